The molecule has 1 amide bonds. The van der Waals surface area contributed by atoms with Crippen LogP contribution in [0.1, 0.15) is 43.4 Å². The van der Waals surface area contributed by atoms with Gasteiger partial charge in [-0.3, -0.25) is 9.59 Å². The Morgan fingerprint density at radius 3 is 2.75 bits per heavy atom. The van der Waals surface area contributed by atoms with E-state index >= 15 is 0 Å². The van der Waals surface area contributed by atoms with Crippen LogP contribution in [0.3, 0.4) is 0 Å². The first-order chi connectivity index (χ1) is 11.6. The molecule has 2 N–H and O–H groups in total. The average Bonchev–Trinajstić information content (AvgIpc) is 2.58. The molecule has 134 valence electrons. The van der Waals surface area contributed by atoms with Gasteiger partial charge in [0.1, 0.15) is 0 Å². The quantitative estimate of drug-likeness (QED) is 0.423. The van der Waals surface area contributed by atoms with Gasteiger partial charge < -0.3 is 15.2 Å². The van der Waals surface area contributed by atoms with Crippen molar-refractivity contribution in [3.05, 3.63) is 21.6 Å². The van der Waals surface area contributed by atoms with E-state index in [1.165, 1.54) is 44.1 Å². The van der Waals surface area contributed by atoms with Gasteiger partial charge in [0, 0.05) is 24.2 Å². The third-order valence-corrected chi connectivity index (χ3v) is 5.00. The summed E-state index contributed by atoms with van der Waals surface area (Å²) in [5.41, 5.74) is 1.18. The highest BCUT2D eigenvalue weighted by Crippen LogP contribution is 2.10. The number of hydrogen-bond acceptors (Lipinski definition) is 5. The molecule has 6 nitrogen and oxygen atoms in total. The summed E-state index contributed by atoms with van der Waals surface area (Å²) in [6, 6.07) is 0. The fourth-order valence-corrected chi connectivity index (χ4v) is 3.44. The maximum atomic E-state index is 12.0. The van der Waals surface area contributed by atoms with Gasteiger partial charge in [-0.05, 0) is 58.5 Å². The van der Waals surface area contributed by atoms with Gasteiger partial charge in [-0.15, -0.1) is 0 Å². The van der Waals surface area contributed by atoms with E-state index in [-0.39, 0.29) is 11.5 Å². The van der Waals surface area contributed by atoms with E-state index in [0.717, 1.165) is 13.0 Å². The lowest BCUT2D eigenvalue weighted by Crippen LogP contribution is -2.33. The van der Waals surface area contributed by atoms with Gasteiger partial charge in [-0.2, -0.15) is 0 Å². The number of hydrogen-bond donors (Lipinski definition) is 2. The van der Waals surface area contributed by atoms with Gasteiger partial charge in [-0.1, -0.05) is 18.2 Å². The molecule has 0 unspecified atom stereocenters. The van der Waals surface area contributed by atoms with Gasteiger partial charge >= 0.3 is 0 Å². The summed E-state index contributed by atoms with van der Waals surface area (Å²) in [4.78, 5) is 33.5. The highest BCUT2D eigenvalue weighted by Gasteiger charge is 2.11. The van der Waals surface area contributed by atoms with Gasteiger partial charge in [-0.25, -0.2) is 4.98 Å². The van der Waals surface area contributed by atoms with Crippen LogP contribution in [0.5, 0.6) is 0 Å². The Bertz CT molecular complexity index is 597. The molecule has 0 spiro atoms. The van der Waals surface area contributed by atoms with Crippen molar-refractivity contribution in [2.75, 3.05) is 32.4 Å². The van der Waals surface area contributed by atoms with Gasteiger partial charge in [0.2, 0.25) is 5.91 Å². The molecule has 2 heterocycles. The van der Waals surface area contributed by atoms with Gasteiger partial charge in [0.05, 0.1) is 0 Å². The van der Waals surface area contributed by atoms with Crippen molar-refractivity contribution in [3.8, 4) is 0 Å². The van der Waals surface area contributed by atoms with Crippen LogP contribution in [0.4, 0.5) is 0 Å². The van der Waals surface area contributed by atoms with Crippen LogP contribution >= 0.6 is 11.8 Å². The Kier molecular flexibility index (Phi) is 7.78. The molecule has 0 saturated carbocycles. The number of carbonyl (C=O) groups excluding carboxylic acids is 1. The van der Waals surface area contributed by atoms with Crippen LogP contribution in [0, 0.1) is 6.92 Å². The number of H-pyrrole nitrogens is 1. The zero-order valence-electron chi connectivity index (χ0n) is 14.7. The second kappa shape index (κ2) is 9.84. The van der Waals surface area contributed by atoms with Crippen LogP contribution < -0.4 is 10.9 Å². The summed E-state index contributed by atoms with van der Waals surface area (Å²) in [6.07, 6.45) is 7.55. The summed E-state index contributed by atoms with van der Waals surface area (Å²) in [5, 5.41) is 3.57. The maximum absolute atomic E-state index is 12.0. The van der Waals surface area contributed by atoms with Crippen molar-refractivity contribution in [1.29, 1.82) is 0 Å². The molecule has 1 aliphatic heterocycles. The molecule has 0 aliphatic carbocycles. The third-order valence-electron chi connectivity index (χ3n) is 4.42. The minimum Gasteiger partial charge on any atom is -0.356 e. The fraction of sp³-hybridized carbons (Fsp3) is 0.706. The smallest absolute Gasteiger partial charge is 0.254 e. The molecule has 24 heavy (non-hydrogen) atoms. The largest absolute Gasteiger partial charge is 0.356 e. The predicted octanol–water partition coefficient (Wildman–Crippen LogP) is 1.73. The number of aromatic amines is 1. The summed E-state index contributed by atoms with van der Waals surface area (Å²) < 4.78 is 0. The molecule has 0 atom stereocenters. The lowest BCUT2D eigenvalue weighted by molar-refractivity contribution is -0.121. The first kappa shape index (κ1) is 19.0. The van der Waals surface area contributed by atoms with Crippen LogP contribution in [-0.2, 0) is 11.2 Å². The van der Waals surface area contributed by atoms with Crippen LogP contribution in [0.25, 0.3) is 0 Å². The van der Waals surface area contributed by atoms with Crippen LogP contribution in [0.2, 0.25) is 0 Å². The molecule has 0 aromatic carbocycles. The predicted molar refractivity (Wildman–Crippen MR) is 97.6 cm³/mol. The van der Waals surface area contributed by atoms with E-state index in [2.05, 4.69) is 20.2 Å². The van der Waals surface area contributed by atoms with Crippen molar-refractivity contribution in [1.82, 2.24) is 20.2 Å². The second-order valence-corrected chi connectivity index (χ2v) is 7.04. The number of piperidine rings is 1. The topological polar surface area (TPSA) is 78.1 Å². The van der Waals surface area contributed by atoms with Gasteiger partial charge in [0.25, 0.3) is 5.56 Å². The molecule has 2 rings (SSSR count). The Hall–Kier alpha value is -1.34. The molecule has 0 radical (unpaired) electrons. The standard InChI is InChI=1S/C17H28N4O2S/c1-13-14(16(23)20-17(19-13)24-2)7-8-15(22)18-9-6-12-21-10-4-3-5-11-21/h3-12H2,1-2H3,(H,18,22)(H,19,20,23). The summed E-state index contributed by atoms with van der Waals surface area (Å²) in [6.45, 7) is 5.96. The highest BCUT2D eigenvalue weighted by molar-refractivity contribution is 7.98. The van der Waals surface area contributed by atoms with E-state index in [0.29, 0.717) is 35.8 Å². The minimum absolute atomic E-state index is 0.00128. The summed E-state index contributed by atoms with van der Waals surface area (Å²) >= 11 is 1.41. The number of likely N-dealkylation sites (tertiary alicyclic amines) is 1. The molecule has 7 heteroatoms. The van der Waals surface area contributed by atoms with Crippen molar-refractivity contribution in [2.45, 2.75) is 50.6 Å². The maximum Gasteiger partial charge on any atom is 0.254 e. The zero-order valence-corrected chi connectivity index (χ0v) is 15.5. The van der Waals surface area contributed by atoms with E-state index in [1.54, 1.807) is 0 Å². The number of carbonyl (C=O) groups is 1. The first-order valence-corrected chi connectivity index (χ1v) is 9.95. The van der Waals surface area contributed by atoms with Crippen molar-refractivity contribution in [3.63, 3.8) is 0 Å². The Morgan fingerprint density at radius 1 is 1.33 bits per heavy atom. The van der Waals surface area contributed by atoms with Crippen molar-refractivity contribution < 1.29 is 4.79 Å². The third kappa shape index (κ3) is 5.94. The molecular weight excluding hydrogens is 324 g/mol. The molecule has 1 fully saturated rings. The first-order valence-electron chi connectivity index (χ1n) is 8.73. The summed E-state index contributed by atoms with van der Waals surface area (Å²) in [7, 11) is 0. The summed E-state index contributed by atoms with van der Waals surface area (Å²) in [5.74, 6) is 0.00128. The normalized spacial score (nSPS) is 15.4. The lowest BCUT2D eigenvalue weighted by Gasteiger charge is -2.26. The number of aromatic nitrogens is 2. The monoisotopic (exact) mass is 352 g/mol. The molecule has 1 saturated heterocycles. The molecule has 1 aliphatic rings. The number of aryl methyl sites for hydroxylation is 1. The number of nitrogens with one attached hydrogen (secondary N) is 2. The zero-order chi connectivity index (χ0) is 17.4. The molecular formula is C17H28N4O2S. The van der Waals surface area contributed by atoms with E-state index in [9.17, 15) is 9.59 Å². The highest BCUT2D eigenvalue weighted by atomic mass is 32.2. The van der Waals surface area contributed by atoms with Crippen LogP contribution in [0.15, 0.2) is 9.95 Å². The second-order valence-electron chi connectivity index (χ2n) is 6.24. The van der Waals surface area contributed by atoms with E-state index in [4.69, 9.17) is 0 Å². The lowest BCUT2D eigenvalue weighted by atomic mass is 10.1. The number of thioether (sulfide) groups is 1. The number of rotatable bonds is 8. The van der Waals surface area contributed by atoms with E-state index in [1.807, 2.05) is 13.2 Å². The number of amides is 1. The average molecular weight is 353 g/mol. The molecule has 1 aromatic rings. The number of nitrogens with zero attached hydrogens (tertiary/aromatic N) is 2. The fourth-order valence-electron chi connectivity index (χ4n) is 3.02. The minimum atomic E-state index is -0.134. The SMILES string of the molecule is CSc1nc(C)c(CCC(=O)NCCCN2CCCCC2)c(=O)[nH]1. The molecule has 0 bridgehead atoms. The Labute approximate surface area is 147 Å². The van der Waals surface area contributed by atoms with E-state index < -0.39 is 0 Å². The Morgan fingerprint density at radius 2 is 2.08 bits per heavy atom. The molecule has 1 aromatic heterocycles. The Balaban J connectivity index is 1.68. The van der Waals surface area contributed by atoms with Crippen molar-refractivity contribution >= 4 is 17.7 Å². The van der Waals surface area contributed by atoms with Crippen molar-refractivity contribution in [2.24, 2.45) is 0 Å². The van der Waals surface area contributed by atoms with Crippen LogP contribution in [-0.4, -0.2) is 53.2 Å². The van der Waals surface area contributed by atoms with Gasteiger partial charge in [0.15, 0.2) is 5.16 Å².